The number of unbranched alkanes of at least 4 members (excludes halogenated alkanes) is 24. The summed E-state index contributed by atoms with van der Waals surface area (Å²) >= 11 is 0. The number of aliphatic hydroxyl groups is 1. The summed E-state index contributed by atoms with van der Waals surface area (Å²) in [7, 11) is 0. The normalized spacial score (nSPS) is 13.0. The Bertz CT molecular complexity index is 1230. The lowest BCUT2D eigenvalue weighted by atomic mass is 10.0. The molecule has 0 aliphatic heterocycles. The Hall–Kier alpha value is -3.18. The van der Waals surface area contributed by atoms with E-state index in [2.05, 4.69) is 111 Å². The minimum atomic E-state index is -0.780. The molecule has 1 N–H and O–H groups in total. The fourth-order valence-corrected chi connectivity index (χ4v) is 7.35. The van der Waals surface area contributed by atoms with Gasteiger partial charge in [0.15, 0.2) is 6.10 Å². The number of hydrogen-bond donors (Lipinski definition) is 1. The molecule has 0 heterocycles. The van der Waals surface area contributed by atoms with Gasteiger partial charge < -0.3 is 14.6 Å². The van der Waals surface area contributed by atoms with Crippen LogP contribution >= 0.6 is 0 Å². The number of carbonyl (C=O) groups excluding carboxylic acids is 2. The van der Waals surface area contributed by atoms with Gasteiger partial charge in [-0.05, 0) is 96.3 Å². The summed E-state index contributed by atoms with van der Waals surface area (Å²) in [5.41, 5.74) is 0. The first kappa shape index (κ1) is 60.8. The lowest BCUT2D eigenvalue weighted by molar-refractivity contribution is -0.161. The van der Waals surface area contributed by atoms with Crippen LogP contribution in [0.5, 0.6) is 0 Å². The topological polar surface area (TPSA) is 72.8 Å². The molecule has 1 unspecified atom stereocenters. The minimum Gasteiger partial charge on any atom is -0.462 e. The molecule has 0 saturated heterocycles. The number of ether oxygens (including phenoxy) is 2. The van der Waals surface area contributed by atoms with Crippen molar-refractivity contribution < 1.29 is 24.2 Å². The van der Waals surface area contributed by atoms with Crippen LogP contribution < -0.4 is 0 Å². The molecule has 64 heavy (non-hydrogen) atoms. The van der Waals surface area contributed by atoms with Crippen LogP contribution in [0, 0.1) is 0 Å². The van der Waals surface area contributed by atoms with Gasteiger partial charge in [-0.25, -0.2) is 0 Å². The SMILES string of the molecule is CC/C=C\C/C=C\C/C=C\C/C=C\C/C=C\C/C=C\C/C=C\CCCCCCCCCCCCCCCC(=O)OC(CO)COC(=O)CCCCCCC/C=C\CCCCCCCC. The number of hydrogen-bond acceptors (Lipinski definition) is 5. The summed E-state index contributed by atoms with van der Waals surface area (Å²) in [4.78, 5) is 24.4. The van der Waals surface area contributed by atoms with Gasteiger partial charge in [0.05, 0.1) is 6.61 Å². The number of carbonyl (C=O) groups is 2. The van der Waals surface area contributed by atoms with E-state index in [-0.39, 0.29) is 25.2 Å². The molecule has 0 amide bonds. The van der Waals surface area contributed by atoms with Gasteiger partial charge in [0, 0.05) is 12.8 Å². The molecule has 0 bridgehead atoms. The van der Waals surface area contributed by atoms with E-state index in [1.807, 2.05) is 0 Å². The molecule has 0 aromatic carbocycles. The van der Waals surface area contributed by atoms with Crippen molar-refractivity contribution in [2.24, 2.45) is 0 Å². The summed E-state index contributed by atoms with van der Waals surface area (Å²) in [5, 5.41) is 9.62. The third kappa shape index (κ3) is 51.5. The van der Waals surface area contributed by atoms with E-state index in [0.717, 1.165) is 89.9 Å². The van der Waals surface area contributed by atoms with Crippen molar-refractivity contribution in [3.05, 3.63) is 97.2 Å². The second-order valence-corrected chi connectivity index (χ2v) is 17.6. The molecule has 0 aliphatic rings. The molecule has 0 aromatic heterocycles. The largest absolute Gasteiger partial charge is 0.462 e. The summed E-state index contributed by atoms with van der Waals surface area (Å²) in [6, 6.07) is 0. The smallest absolute Gasteiger partial charge is 0.306 e. The van der Waals surface area contributed by atoms with E-state index < -0.39 is 6.10 Å². The zero-order valence-electron chi connectivity index (χ0n) is 41.8. The van der Waals surface area contributed by atoms with E-state index >= 15 is 0 Å². The molecule has 0 spiro atoms. The highest BCUT2D eigenvalue weighted by Crippen LogP contribution is 2.15. The number of aliphatic hydroxyl groups excluding tert-OH is 1. The van der Waals surface area contributed by atoms with Crippen LogP contribution in [0.2, 0.25) is 0 Å². The highest BCUT2D eigenvalue weighted by Gasteiger charge is 2.16. The Labute approximate surface area is 396 Å². The predicted molar refractivity (Wildman–Crippen MR) is 279 cm³/mol. The van der Waals surface area contributed by atoms with Gasteiger partial charge in [-0.2, -0.15) is 0 Å². The lowest BCUT2D eigenvalue weighted by Crippen LogP contribution is -2.28. The zero-order valence-corrected chi connectivity index (χ0v) is 41.8. The molecule has 5 nitrogen and oxygen atoms in total. The number of allylic oxidation sites excluding steroid dienone is 16. The maximum Gasteiger partial charge on any atom is 0.306 e. The first-order chi connectivity index (χ1) is 31.6. The van der Waals surface area contributed by atoms with Crippen molar-refractivity contribution in [2.45, 2.75) is 251 Å². The number of rotatable bonds is 48. The molecule has 0 radical (unpaired) electrons. The Morgan fingerprint density at radius 2 is 0.672 bits per heavy atom. The number of esters is 2. The summed E-state index contributed by atoms with van der Waals surface area (Å²) in [6.45, 7) is 4.02. The maximum atomic E-state index is 12.3. The van der Waals surface area contributed by atoms with Crippen LogP contribution in [0.25, 0.3) is 0 Å². The first-order valence-electron chi connectivity index (χ1n) is 26.8. The van der Waals surface area contributed by atoms with E-state index in [1.54, 1.807) is 0 Å². The molecule has 0 aliphatic carbocycles. The molecular formula is C59H100O5. The fraction of sp³-hybridized carbons (Fsp3) is 0.695. The van der Waals surface area contributed by atoms with Gasteiger partial charge in [-0.15, -0.1) is 0 Å². The van der Waals surface area contributed by atoms with Crippen molar-refractivity contribution in [3.63, 3.8) is 0 Å². The second kappa shape index (κ2) is 54.2. The maximum absolute atomic E-state index is 12.3. The Balaban J connectivity index is 3.53. The van der Waals surface area contributed by atoms with Crippen LogP contribution in [-0.4, -0.2) is 36.4 Å². The third-order valence-corrected chi connectivity index (χ3v) is 11.4. The van der Waals surface area contributed by atoms with Crippen LogP contribution in [-0.2, 0) is 19.1 Å². The Kier molecular flexibility index (Phi) is 51.5. The van der Waals surface area contributed by atoms with Crippen LogP contribution in [0.15, 0.2) is 97.2 Å². The van der Waals surface area contributed by atoms with Crippen molar-refractivity contribution in [1.82, 2.24) is 0 Å². The first-order valence-corrected chi connectivity index (χ1v) is 26.8. The quantitative estimate of drug-likeness (QED) is 0.0374. The summed E-state index contributed by atoms with van der Waals surface area (Å²) in [5.74, 6) is -0.601. The lowest BCUT2D eigenvalue weighted by Gasteiger charge is -2.15. The Morgan fingerprint density at radius 3 is 1.03 bits per heavy atom. The average molecular weight is 889 g/mol. The Morgan fingerprint density at radius 1 is 0.375 bits per heavy atom. The van der Waals surface area contributed by atoms with Gasteiger partial charge >= 0.3 is 11.9 Å². The summed E-state index contributed by atoms with van der Waals surface area (Å²) < 4.78 is 10.7. The summed E-state index contributed by atoms with van der Waals surface area (Å²) in [6.07, 6.45) is 76.5. The highest BCUT2D eigenvalue weighted by atomic mass is 16.6. The van der Waals surface area contributed by atoms with Crippen LogP contribution in [0.3, 0.4) is 0 Å². The van der Waals surface area contributed by atoms with Gasteiger partial charge in [-0.3, -0.25) is 9.59 Å². The third-order valence-electron chi connectivity index (χ3n) is 11.4. The van der Waals surface area contributed by atoms with Gasteiger partial charge in [0.25, 0.3) is 0 Å². The fourth-order valence-electron chi connectivity index (χ4n) is 7.35. The van der Waals surface area contributed by atoms with E-state index in [1.165, 1.54) is 128 Å². The van der Waals surface area contributed by atoms with Gasteiger partial charge in [0.1, 0.15) is 6.61 Å². The van der Waals surface area contributed by atoms with Crippen molar-refractivity contribution in [2.75, 3.05) is 13.2 Å². The van der Waals surface area contributed by atoms with Crippen molar-refractivity contribution in [3.8, 4) is 0 Å². The molecule has 5 heteroatoms. The van der Waals surface area contributed by atoms with E-state index in [9.17, 15) is 14.7 Å². The zero-order chi connectivity index (χ0) is 46.3. The van der Waals surface area contributed by atoms with Crippen LogP contribution in [0.4, 0.5) is 0 Å². The van der Waals surface area contributed by atoms with Crippen molar-refractivity contribution >= 4 is 11.9 Å². The molecule has 0 rings (SSSR count). The minimum absolute atomic E-state index is 0.0728. The van der Waals surface area contributed by atoms with Gasteiger partial charge in [-0.1, -0.05) is 233 Å². The highest BCUT2D eigenvalue weighted by molar-refractivity contribution is 5.70. The molecule has 366 valence electrons. The molecule has 1 atom stereocenters. The van der Waals surface area contributed by atoms with Crippen molar-refractivity contribution in [1.29, 1.82) is 0 Å². The molecule has 0 aromatic rings. The van der Waals surface area contributed by atoms with Gasteiger partial charge in [0.2, 0.25) is 0 Å². The monoisotopic (exact) mass is 889 g/mol. The second-order valence-electron chi connectivity index (χ2n) is 17.6. The van der Waals surface area contributed by atoms with E-state index in [0.29, 0.717) is 12.8 Å². The molecule has 0 saturated carbocycles. The molecular weight excluding hydrogens is 789 g/mol. The van der Waals surface area contributed by atoms with E-state index in [4.69, 9.17) is 9.47 Å². The van der Waals surface area contributed by atoms with Crippen LogP contribution in [0.1, 0.15) is 245 Å². The average Bonchev–Trinajstić information content (AvgIpc) is 3.30. The standard InChI is InChI=1S/C59H100O5/c1-3-5-7-9-11-13-15-17-19-20-21-22-23-24-25-26-27-28-29-30-31-32-33-34-35-36-37-38-40-42-44-46-48-50-52-54-59(62)64-57(55-60)56-63-58(61)53-51-49-47-45-43-41-39-18-16-14-12-10-8-6-4-2/h5,7,11,13,17-19,21-22,24-25,27-28,30-31,39,57,60H,3-4,6,8-10,12,14-16,20,23,26,29,32-38,40-56H2,1-2H3/b7-5-,13-11-,19-17-,22-21-,25-24-,28-27-,31-30-,39-18-. The predicted octanol–water partition coefficient (Wildman–Crippen LogP) is 18.0. The molecule has 0 fully saturated rings.